The van der Waals surface area contributed by atoms with E-state index in [1.165, 1.54) is 23.1 Å². The molecule has 5 nitrogen and oxygen atoms in total. The molecule has 1 aromatic heterocycles. The fraction of sp³-hybridized carbons (Fsp3) is 0.0870. The minimum Gasteiger partial charge on any atom is -0.507 e. The first-order valence-electron chi connectivity index (χ1n) is 9.15. The molecule has 1 fully saturated rings. The number of halogens is 2. The number of Topliss-reactive ketones (excluding diaryl/α,β-unsaturated/α-hetero) is 1. The number of rotatable bonds is 4. The summed E-state index contributed by atoms with van der Waals surface area (Å²) in [4.78, 5) is 31.4. The van der Waals surface area contributed by atoms with Crippen LogP contribution in [0.25, 0.3) is 5.76 Å². The summed E-state index contributed by atoms with van der Waals surface area (Å²) < 4.78 is 13.3. The van der Waals surface area contributed by atoms with Crippen molar-refractivity contribution in [1.82, 2.24) is 9.88 Å². The van der Waals surface area contributed by atoms with Crippen molar-refractivity contribution in [3.8, 4) is 0 Å². The lowest BCUT2D eigenvalue weighted by Crippen LogP contribution is -2.29. The predicted molar refractivity (Wildman–Crippen MR) is 110 cm³/mol. The van der Waals surface area contributed by atoms with Gasteiger partial charge in [0.2, 0.25) is 0 Å². The second kappa shape index (κ2) is 8.08. The minimum absolute atomic E-state index is 0.0540. The molecule has 1 saturated heterocycles. The Morgan fingerprint density at radius 3 is 2.50 bits per heavy atom. The normalized spacial score (nSPS) is 18.1. The van der Waals surface area contributed by atoms with E-state index in [2.05, 4.69) is 4.98 Å². The van der Waals surface area contributed by atoms with Crippen LogP contribution in [-0.2, 0) is 16.1 Å². The van der Waals surface area contributed by atoms with Gasteiger partial charge in [0.1, 0.15) is 17.6 Å². The van der Waals surface area contributed by atoms with E-state index < -0.39 is 23.5 Å². The lowest BCUT2D eigenvalue weighted by Gasteiger charge is -2.24. The van der Waals surface area contributed by atoms with Gasteiger partial charge < -0.3 is 10.0 Å². The van der Waals surface area contributed by atoms with Crippen molar-refractivity contribution < 1.29 is 19.1 Å². The Labute approximate surface area is 177 Å². The van der Waals surface area contributed by atoms with Gasteiger partial charge in [-0.3, -0.25) is 14.6 Å². The van der Waals surface area contributed by atoms with Crippen LogP contribution >= 0.6 is 11.6 Å². The molecule has 1 unspecified atom stereocenters. The molecular formula is C23H16ClFN2O3. The SMILES string of the molecule is O=C1C(=O)N(Cc2ccc(F)cc2)C(c2ccccn2)/C1=C(/O)c1cccc(Cl)c1. The smallest absolute Gasteiger partial charge is 0.296 e. The second-order valence-corrected chi connectivity index (χ2v) is 7.25. The number of hydrogen-bond donors (Lipinski definition) is 1. The summed E-state index contributed by atoms with van der Waals surface area (Å²) >= 11 is 6.02. The number of hydrogen-bond acceptors (Lipinski definition) is 4. The summed E-state index contributed by atoms with van der Waals surface area (Å²) in [6.45, 7) is 0.0540. The van der Waals surface area contributed by atoms with Gasteiger partial charge in [-0.15, -0.1) is 0 Å². The molecule has 2 aromatic carbocycles. The second-order valence-electron chi connectivity index (χ2n) is 6.82. The molecule has 0 radical (unpaired) electrons. The molecule has 1 amide bonds. The molecule has 0 saturated carbocycles. The number of benzene rings is 2. The van der Waals surface area contributed by atoms with Crippen LogP contribution < -0.4 is 0 Å². The number of aliphatic hydroxyl groups is 1. The number of carbonyl (C=O) groups is 2. The molecule has 0 bridgehead atoms. The topological polar surface area (TPSA) is 70.5 Å². The Hall–Kier alpha value is -3.51. The maximum atomic E-state index is 13.3. The third-order valence-electron chi connectivity index (χ3n) is 4.87. The fourth-order valence-electron chi connectivity index (χ4n) is 3.47. The van der Waals surface area contributed by atoms with Crippen molar-refractivity contribution in [2.75, 3.05) is 0 Å². The van der Waals surface area contributed by atoms with E-state index in [-0.39, 0.29) is 17.9 Å². The van der Waals surface area contributed by atoms with Crippen LogP contribution in [0.4, 0.5) is 4.39 Å². The first-order valence-corrected chi connectivity index (χ1v) is 9.53. The molecular weight excluding hydrogens is 407 g/mol. The van der Waals surface area contributed by atoms with Gasteiger partial charge in [0, 0.05) is 23.3 Å². The van der Waals surface area contributed by atoms with E-state index in [4.69, 9.17) is 11.6 Å². The molecule has 1 N–H and O–H groups in total. The number of nitrogens with zero attached hydrogens (tertiary/aromatic N) is 2. The van der Waals surface area contributed by atoms with Gasteiger partial charge >= 0.3 is 0 Å². The number of carbonyl (C=O) groups excluding carboxylic acids is 2. The van der Waals surface area contributed by atoms with Crippen molar-refractivity contribution in [2.45, 2.75) is 12.6 Å². The van der Waals surface area contributed by atoms with Crippen molar-refractivity contribution in [2.24, 2.45) is 0 Å². The van der Waals surface area contributed by atoms with Gasteiger partial charge in [-0.1, -0.05) is 41.9 Å². The van der Waals surface area contributed by atoms with Gasteiger partial charge in [0.25, 0.3) is 11.7 Å². The Kier molecular flexibility index (Phi) is 5.33. The molecule has 30 heavy (non-hydrogen) atoms. The van der Waals surface area contributed by atoms with Crippen LogP contribution in [0.1, 0.15) is 22.9 Å². The highest BCUT2D eigenvalue weighted by Gasteiger charge is 2.46. The van der Waals surface area contributed by atoms with Crippen LogP contribution in [0.2, 0.25) is 5.02 Å². The number of ketones is 1. The van der Waals surface area contributed by atoms with Crippen LogP contribution in [0, 0.1) is 5.82 Å². The summed E-state index contributed by atoms with van der Waals surface area (Å²) in [6.07, 6.45) is 1.55. The first kappa shape index (κ1) is 19.8. The average Bonchev–Trinajstić information content (AvgIpc) is 3.00. The Morgan fingerprint density at radius 1 is 1.07 bits per heavy atom. The van der Waals surface area contributed by atoms with Crippen molar-refractivity contribution in [3.05, 3.63) is 106 Å². The van der Waals surface area contributed by atoms with Crippen molar-refractivity contribution in [3.63, 3.8) is 0 Å². The number of pyridine rings is 1. The quantitative estimate of drug-likeness (QED) is 0.382. The van der Waals surface area contributed by atoms with Crippen LogP contribution in [0.5, 0.6) is 0 Å². The number of amides is 1. The highest BCUT2D eigenvalue weighted by Crippen LogP contribution is 2.39. The summed E-state index contributed by atoms with van der Waals surface area (Å²) in [5.41, 5.74) is 1.33. The Morgan fingerprint density at radius 2 is 1.83 bits per heavy atom. The Balaban J connectivity index is 1.84. The van der Waals surface area contributed by atoms with Gasteiger partial charge in [-0.05, 0) is 42.0 Å². The predicted octanol–water partition coefficient (Wildman–Crippen LogP) is 4.50. The molecule has 3 aromatic rings. The van der Waals surface area contributed by atoms with Crippen molar-refractivity contribution in [1.29, 1.82) is 0 Å². The number of aliphatic hydroxyl groups excluding tert-OH is 1. The van der Waals surface area contributed by atoms with E-state index >= 15 is 0 Å². The molecule has 4 rings (SSSR count). The fourth-order valence-corrected chi connectivity index (χ4v) is 3.66. The highest BCUT2D eigenvalue weighted by atomic mass is 35.5. The lowest BCUT2D eigenvalue weighted by molar-refractivity contribution is -0.140. The molecule has 7 heteroatoms. The summed E-state index contributed by atoms with van der Waals surface area (Å²) in [6, 6.07) is 16.3. The van der Waals surface area contributed by atoms with E-state index in [1.54, 1.807) is 54.7 Å². The van der Waals surface area contributed by atoms with Gasteiger partial charge in [-0.2, -0.15) is 0 Å². The first-order chi connectivity index (χ1) is 14.5. The maximum absolute atomic E-state index is 13.3. The zero-order valence-electron chi connectivity index (χ0n) is 15.6. The van der Waals surface area contributed by atoms with Crippen molar-refractivity contribution >= 4 is 29.1 Å². The Bertz CT molecular complexity index is 1150. The van der Waals surface area contributed by atoms with E-state index in [1.807, 2.05) is 0 Å². The van der Waals surface area contributed by atoms with Gasteiger partial charge in [0.15, 0.2) is 0 Å². The highest BCUT2D eigenvalue weighted by molar-refractivity contribution is 6.46. The maximum Gasteiger partial charge on any atom is 0.296 e. The third-order valence-corrected chi connectivity index (χ3v) is 5.11. The number of aromatic nitrogens is 1. The molecule has 0 aliphatic carbocycles. The van der Waals surface area contributed by atoms with Gasteiger partial charge in [0.05, 0.1) is 11.3 Å². The molecule has 2 heterocycles. The molecule has 1 aliphatic rings. The third kappa shape index (κ3) is 3.69. The molecule has 0 spiro atoms. The van der Waals surface area contributed by atoms with E-state index in [0.29, 0.717) is 21.8 Å². The summed E-state index contributed by atoms with van der Waals surface area (Å²) in [5.74, 6) is -2.31. The molecule has 1 atom stereocenters. The summed E-state index contributed by atoms with van der Waals surface area (Å²) in [5, 5.41) is 11.3. The minimum atomic E-state index is -0.893. The average molecular weight is 423 g/mol. The van der Waals surface area contributed by atoms with Gasteiger partial charge in [-0.25, -0.2) is 4.39 Å². The van der Waals surface area contributed by atoms with E-state index in [9.17, 15) is 19.1 Å². The van der Waals surface area contributed by atoms with E-state index in [0.717, 1.165) is 0 Å². The van der Waals surface area contributed by atoms with Crippen LogP contribution in [-0.4, -0.2) is 26.7 Å². The lowest BCUT2D eigenvalue weighted by atomic mass is 9.98. The zero-order chi connectivity index (χ0) is 21.3. The van der Waals surface area contributed by atoms with Crippen LogP contribution in [0.3, 0.4) is 0 Å². The largest absolute Gasteiger partial charge is 0.507 e. The zero-order valence-corrected chi connectivity index (χ0v) is 16.4. The molecule has 150 valence electrons. The summed E-state index contributed by atoms with van der Waals surface area (Å²) in [7, 11) is 0. The number of likely N-dealkylation sites (tertiary alicyclic amines) is 1. The standard InChI is InChI=1S/C23H16ClFN2O3/c24-16-5-3-4-15(12-16)21(28)19-20(18-6-1-2-11-26-18)27(23(30)22(19)29)13-14-7-9-17(25)10-8-14/h1-12,20,28H,13H2/b21-19-. The molecule has 1 aliphatic heterocycles. The monoisotopic (exact) mass is 422 g/mol. The van der Waals surface area contributed by atoms with Crippen LogP contribution in [0.15, 0.2) is 78.5 Å².